The van der Waals surface area contributed by atoms with Crippen LogP contribution in [0.25, 0.3) is 66.8 Å². The van der Waals surface area contributed by atoms with Crippen LogP contribution in [-0.2, 0) is 0 Å². The fourth-order valence-corrected chi connectivity index (χ4v) is 5.94. The van der Waals surface area contributed by atoms with Gasteiger partial charge in [-0.05, 0) is 53.6 Å². The van der Waals surface area contributed by atoms with Gasteiger partial charge in [-0.15, -0.1) is 0 Å². The average molecular weight is 538 g/mol. The first kappa shape index (κ1) is 24.2. The van der Waals surface area contributed by atoms with E-state index in [-0.39, 0.29) is 0 Å². The van der Waals surface area contributed by atoms with Crippen LogP contribution in [0.5, 0.6) is 0 Å². The third-order valence-electron chi connectivity index (χ3n) is 8.00. The molecule has 3 heteroatoms. The van der Waals surface area contributed by atoms with Crippen LogP contribution in [0, 0.1) is 0 Å². The highest BCUT2D eigenvalue weighted by molar-refractivity contribution is 6.09. The number of para-hydroxylation sites is 2. The van der Waals surface area contributed by atoms with Gasteiger partial charge in [0, 0.05) is 27.6 Å². The van der Waals surface area contributed by atoms with Crippen molar-refractivity contribution in [1.29, 1.82) is 0 Å². The molecule has 0 saturated carbocycles. The van der Waals surface area contributed by atoms with E-state index in [4.69, 9.17) is 5.10 Å². The predicted molar refractivity (Wildman–Crippen MR) is 174 cm³/mol. The number of rotatable bonds is 5. The lowest BCUT2D eigenvalue weighted by molar-refractivity contribution is 0.891. The molecule has 0 radical (unpaired) electrons. The molecule has 0 aliphatic carbocycles. The largest absolute Gasteiger partial charge is 0.309 e. The summed E-state index contributed by atoms with van der Waals surface area (Å²) in [6.07, 6.45) is 0. The van der Waals surface area contributed by atoms with Gasteiger partial charge in [-0.3, -0.25) is 0 Å². The molecular formula is C39H27N3. The highest BCUT2D eigenvalue weighted by Gasteiger charge is 2.15. The smallest absolute Gasteiger partial charge is 0.0934 e. The maximum absolute atomic E-state index is 5.11. The molecule has 198 valence electrons. The third kappa shape index (κ3) is 4.11. The van der Waals surface area contributed by atoms with Crippen LogP contribution in [0.4, 0.5) is 0 Å². The van der Waals surface area contributed by atoms with E-state index in [1.165, 1.54) is 32.9 Å². The monoisotopic (exact) mass is 537 g/mol. The first-order valence-corrected chi connectivity index (χ1v) is 14.2. The molecule has 42 heavy (non-hydrogen) atoms. The van der Waals surface area contributed by atoms with Crippen molar-refractivity contribution in [3.05, 3.63) is 164 Å². The molecule has 8 aromatic rings. The van der Waals surface area contributed by atoms with Crippen molar-refractivity contribution in [2.45, 2.75) is 0 Å². The van der Waals surface area contributed by atoms with Crippen LogP contribution in [0.1, 0.15) is 0 Å². The van der Waals surface area contributed by atoms with Crippen molar-refractivity contribution in [3.8, 4) is 45.0 Å². The number of hydrogen-bond donors (Lipinski definition) is 0. The molecule has 0 spiro atoms. The van der Waals surface area contributed by atoms with Gasteiger partial charge >= 0.3 is 0 Å². The second-order valence-corrected chi connectivity index (χ2v) is 10.5. The maximum Gasteiger partial charge on any atom is 0.0934 e. The minimum absolute atomic E-state index is 0.948. The van der Waals surface area contributed by atoms with Gasteiger partial charge in [-0.25, -0.2) is 4.68 Å². The lowest BCUT2D eigenvalue weighted by Crippen LogP contribution is -2.00. The van der Waals surface area contributed by atoms with Gasteiger partial charge in [0.25, 0.3) is 0 Å². The van der Waals surface area contributed by atoms with Gasteiger partial charge in [-0.2, -0.15) is 5.10 Å². The van der Waals surface area contributed by atoms with Crippen LogP contribution in [0.3, 0.4) is 0 Å². The van der Waals surface area contributed by atoms with Crippen LogP contribution >= 0.6 is 0 Å². The molecule has 0 amide bonds. The summed E-state index contributed by atoms with van der Waals surface area (Å²) >= 11 is 0. The highest BCUT2D eigenvalue weighted by atomic mass is 15.3. The summed E-state index contributed by atoms with van der Waals surface area (Å²) in [6.45, 7) is 0. The second kappa shape index (κ2) is 10.1. The molecule has 6 aromatic carbocycles. The number of fused-ring (bicyclic) bond motifs is 3. The molecule has 2 aromatic heterocycles. The third-order valence-corrected chi connectivity index (χ3v) is 8.00. The number of benzene rings is 6. The van der Waals surface area contributed by atoms with E-state index >= 15 is 0 Å². The van der Waals surface area contributed by atoms with E-state index in [0.717, 1.165) is 33.9 Å². The Balaban J connectivity index is 1.24. The first-order chi connectivity index (χ1) is 20.8. The Hall–Kier alpha value is -5.67. The predicted octanol–water partition coefficient (Wildman–Crippen LogP) is 9.97. The lowest BCUT2D eigenvalue weighted by atomic mass is 10.0. The van der Waals surface area contributed by atoms with Gasteiger partial charge in [-0.1, -0.05) is 121 Å². The van der Waals surface area contributed by atoms with Crippen molar-refractivity contribution < 1.29 is 0 Å². The van der Waals surface area contributed by atoms with Crippen molar-refractivity contribution in [3.63, 3.8) is 0 Å². The zero-order chi connectivity index (χ0) is 27.9. The molecule has 3 nitrogen and oxygen atoms in total. The molecule has 0 N–H and O–H groups in total. The normalized spacial score (nSPS) is 11.3. The number of aromatic nitrogens is 3. The van der Waals surface area contributed by atoms with Crippen molar-refractivity contribution in [2.75, 3.05) is 0 Å². The summed E-state index contributed by atoms with van der Waals surface area (Å²) in [5, 5.41) is 7.63. The molecule has 0 aliphatic heterocycles. The number of nitrogens with zero attached hydrogens (tertiary/aromatic N) is 3. The van der Waals surface area contributed by atoms with Crippen LogP contribution in [-0.4, -0.2) is 14.3 Å². The Labute approximate surface area is 244 Å². The van der Waals surface area contributed by atoms with E-state index in [2.05, 4.69) is 161 Å². The quantitative estimate of drug-likeness (QED) is 0.214. The SMILES string of the molecule is c1ccc(-c2ccc(-c3cc(-c4ccccc4)nn3-c3ccc(-n4c5ccccc5c5ccccc54)cc3)cc2)cc1. The van der Waals surface area contributed by atoms with E-state index in [0.29, 0.717) is 0 Å². The summed E-state index contributed by atoms with van der Waals surface area (Å²) < 4.78 is 4.41. The Kier molecular flexibility index (Phi) is 5.79. The first-order valence-electron chi connectivity index (χ1n) is 14.2. The summed E-state index contributed by atoms with van der Waals surface area (Å²) in [5.41, 5.74) is 11.2. The fraction of sp³-hybridized carbons (Fsp3) is 0. The maximum atomic E-state index is 5.11. The highest BCUT2D eigenvalue weighted by Crippen LogP contribution is 2.34. The van der Waals surface area contributed by atoms with Crippen LogP contribution in [0.15, 0.2) is 164 Å². The average Bonchev–Trinajstić information content (AvgIpc) is 3.66. The Morgan fingerprint density at radius 2 is 0.857 bits per heavy atom. The minimum Gasteiger partial charge on any atom is -0.309 e. The van der Waals surface area contributed by atoms with Gasteiger partial charge in [0.1, 0.15) is 0 Å². The Morgan fingerprint density at radius 3 is 1.48 bits per heavy atom. The minimum atomic E-state index is 0.948. The molecule has 0 saturated heterocycles. The van der Waals surface area contributed by atoms with Crippen molar-refractivity contribution in [2.24, 2.45) is 0 Å². The molecule has 0 unspecified atom stereocenters. The van der Waals surface area contributed by atoms with Crippen molar-refractivity contribution in [1.82, 2.24) is 14.3 Å². The molecule has 0 atom stereocenters. The van der Waals surface area contributed by atoms with Crippen LogP contribution in [0.2, 0.25) is 0 Å². The van der Waals surface area contributed by atoms with E-state index < -0.39 is 0 Å². The second-order valence-electron chi connectivity index (χ2n) is 10.5. The molecule has 0 fully saturated rings. The molecular weight excluding hydrogens is 510 g/mol. The van der Waals surface area contributed by atoms with Gasteiger partial charge in [0.15, 0.2) is 0 Å². The fourth-order valence-electron chi connectivity index (χ4n) is 5.94. The van der Waals surface area contributed by atoms with E-state index in [1.807, 2.05) is 12.1 Å². The summed E-state index contributed by atoms with van der Waals surface area (Å²) in [7, 11) is 0. The zero-order valence-electron chi connectivity index (χ0n) is 22.9. The zero-order valence-corrected chi connectivity index (χ0v) is 22.9. The molecule has 0 aliphatic rings. The molecule has 0 bridgehead atoms. The van der Waals surface area contributed by atoms with E-state index in [9.17, 15) is 0 Å². The Morgan fingerprint density at radius 1 is 0.381 bits per heavy atom. The molecule has 8 rings (SSSR count). The topological polar surface area (TPSA) is 22.8 Å². The van der Waals surface area contributed by atoms with Crippen molar-refractivity contribution >= 4 is 21.8 Å². The van der Waals surface area contributed by atoms with Gasteiger partial charge < -0.3 is 4.57 Å². The van der Waals surface area contributed by atoms with Gasteiger partial charge in [0.2, 0.25) is 0 Å². The van der Waals surface area contributed by atoms with Crippen LogP contribution < -0.4 is 0 Å². The standard InChI is InChI=1S/C39H27N3/c1-3-11-28(12-4-1)29-19-21-31(22-20-29)39-27-36(30-13-5-2-6-14-30)40-42(39)33-25-23-32(24-26-33)41-37-17-9-7-15-34(37)35-16-8-10-18-38(35)41/h1-27H. The summed E-state index contributed by atoms with van der Waals surface area (Å²) in [5.74, 6) is 0. The summed E-state index contributed by atoms with van der Waals surface area (Å²) in [6, 6.07) is 57.8. The van der Waals surface area contributed by atoms with E-state index in [1.54, 1.807) is 0 Å². The summed E-state index contributed by atoms with van der Waals surface area (Å²) in [4.78, 5) is 0. The Bertz CT molecular complexity index is 2100. The lowest BCUT2D eigenvalue weighted by Gasteiger charge is -2.11. The number of hydrogen-bond acceptors (Lipinski definition) is 1. The molecule has 2 heterocycles. The van der Waals surface area contributed by atoms with Gasteiger partial charge in [0.05, 0.1) is 28.1 Å².